The molecule has 1 aromatic heterocycles. The van der Waals surface area contributed by atoms with Crippen LogP contribution in [0.2, 0.25) is 0 Å². The average molecular weight is 1070 g/mol. The molecule has 20 nitrogen and oxygen atoms in total. The lowest BCUT2D eigenvalue weighted by atomic mass is 9.77. The lowest BCUT2D eigenvalue weighted by Gasteiger charge is -2.49. The number of hydrogen-bond acceptors (Lipinski definition) is 18. The Labute approximate surface area is 444 Å². The number of aliphatic hydroxyl groups is 5. The quantitative estimate of drug-likeness (QED) is 0.151. The van der Waals surface area contributed by atoms with Crippen molar-refractivity contribution in [2.75, 3.05) is 62.2 Å². The number of benzene rings is 1. The molecule has 0 saturated carbocycles. The van der Waals surface area contributed by atoms with E-state index in [2.05, 4.69) is 10.3 Å². The number of amides is 1. The normalized spacial score (nSPS) is 38.8. The molecule has 428 valence electrons. The van der Waals surface area contributed by atoms with E-state index in [1.807, 2.05) is 37.7 Å². The van der Waals surface area contributed by atoms with Gasteiger partial charge in [-0.1, -0.05) is 38.1 Å². The summed E-state index contributed by atoms with van der Waals surface area (Å²) in [7, 11) is 10.0. The lowest BCUT2D eigenvalue weighted by Crippen LogP contribution is -2.61. The van der Waals surface area contributed by atoms with Crippen molar-refractivity contribution in [3.05, 3.63) is 47.3 Å². The molecular formula is C54H91FN6O14. The summed E-state index contributed by atoms with van der Waals surface area (Å²) >= 11 is 0. The number of ether oxygens (including phenoxy) is 7. The number of rotatable bonds is 16. The summed E-state index contributed by atoms with van der Waals surface area (Å²) in [6, 6.07) is 4.89. The molecular weight excluding hydrogens is 976 g/mol. The number of hydrogen-bond donors (Lipinski definition) is 5. The summed E-state index contributed by atoms with van der Waals surface area (Å²) in [4.78, 5) is 32.4. The van der Waals surface area contributed by atoms with Gasteiger partial charge in [-0.15, -0.1) is 5.10 Å². The first-order valence-corrected chi connectivity index (χ1v) is 26.6. The fourth-order valence-corrected chi connectivity index (χ4v) is 11.6. The van der Waals surface area contributed by atoms with Crippen LogP contribution in [0.5, 0.6) is 0 Å². The van der Waals surface area contributed by atoms with Gasteiger partial charge >= 0.3 is 5.97 Å². The van der Waals surface area contributed by atoms with E-state index in [1.165, 1.54) is 30.7 Å². The number of nitrogens with zero attached hydrogens (tertiary/aromatic N) is 6. The van der Waals surface area contributed by atoms with E-state index in [4.69, 9.17) is 33.2 Å². The molecule has 3 fully saturated rings. The van der Waals surface area contributed by atoms with E-state index in [9.17, 15) is 39.5 Å². The minimum Gasteiger partial charge on any atom is -0.459 e. The first-order chi connectivity index (χ1) is 35.0. The third kappa shape index (κ3) is 14.5. The van der Waals surface area contributed by atoms with Gasteiger partial charge in [0.15, 0.2) is 12.6 Å². The van der Waals surface area contributed by atoms with Gasteiger partial charge in [-0.05, 0) is 105 Å². The molecule has 21 heteroatoms. The minimum atomic E-state index is -1.86. The lowest BCUT2D eigenvalue weighted by molar-refractivity contribution is -0.318. The van der Waals surface area contributed by atoms with E-state index in [1.54, 1.807) is 93.0 Å². The van der Waals surface area contributed by atoms with Gasteiger partial charge in [0.05, 0.1) is 47.2 Å². The number of alkyl halides is 1. The van der Waals surface area contributed by atoms with Gasteiger partial charge in [-0.25, -0.2) is 9.07 Å². The van der Waals surface area contributed by atoms with E-state index in [0.29, 0.717) is 42.8 Å². The van der Waals surface area contributed by atoms with E-state index in [-0.39, 0.29) is 31.1 Å². The summed E-state index contributed by atoms with van der Waals surface area (Å²) in [5, 5.41) is 68.5. The summed E-state index contributed by atoms with van der Waals surface area (Å²) in [6.07, 6.45) is -8.25. The van der Waals surface area contributed by atoms with Crippen LogP contribution in [-0.2, 0) is 44.4 Å². The predicted octanol–water partition coefficient (Wildman–Crippen LogP) is 3.71. The Morgan fingerprint density at radius 1 is 0.960 bits per heavy atom. The predicted molar refractivity (Wildman–Crippen MR) is 276 cm³/mol. The third-order valence-electron chi connectivity index (χ3n) is 16.4. The van der Waals surface area contributed by atoms with Gasteiger partial charge in [0.25, 0.3) is 5.91 Å². The summed E-state index contributed by atoms with van der Waals surface area (Å²) < 4.78 is 60.3. The van der Waals surface area contributed by atoms with Crippen molar-refractivity contribution in [3.63, 3.8) is 0 Å². The zero-order valence-electron chi connectivity index (χ0n) is 47.3. The number of carbonyl (C=O) groups excluding carboxylic acids is 2. The number of halogens is 1. The SMILES string of the molecule is CC[C@H]1OC(=O)[C@H](C)[C@@H](O[C@H]2C[C@@](C)(OC)[C@@H](O)[C@H](C)O2)[C@H](C)[C@@H](O[C@@H]2O[C@H](C)C[C@H](N(C)CCc3cn([C@H](CF)[C@H](OC)c4ccc(C(=O)N(C)C)cc4)nn3)[C@H]2O)[C@](C)(O)C[C@@H](C)CN(C)[C@H](C)[C@@H](O)[C@]1(C)O. The number of esters is 1. The van der Waals surface area contributed by atoms with Crippen molar-refractivity contribution in [1.82, 2.24) is 29.7 Å². The molecule has 2 aromatic rings. The second-order valence-electron chi connectivity index (χ2n) is 22.8. The van der Waals surface area contributed by atoms with E-state index >= 15 is 0 Å². The summed E-state index contributed by atoms with van der Waals surface area (Å²) in [5.74, 6) is -3.07. The maximum Gasteiger partial charge on any atom is 0.311 e. The molecule has 75 heavy (non-hydrogen) atoms. The topological polar surface area (TPSA) is 240 Å². The number of aliphatic hydroxyl groups excluding tert-OH is 3. The Morgan fingerprint density at radius 2 is 1.61 bits per heavy atom. The van der Waals surface area contributed by atoms with Crippen LogP contribution < -0.4 is 0 Å². The fourth-order valence-electron chi connectivity index (χ4n) is 11.6. The van der Waals surface area contributed by atoms with Crippen LogP contribution in [0.3, 0.4) is 0 Å². The largest absolute Gasteiger partial charge is 0.459 e. The number of carbonyl (C=O) groups is 2. The summed E-state index contributed by atoms with van der Waals surface area (Å²) in [6.45, 7) is 17.4. The van der Waals surface area contributed by atoms with Crippen molar-refractivity contribution in [2.45, 2.75) is 204 Å². The van der Waals surface area contributed by atoms with Gasteiger partial charge in [0, 0.05) is 84.0 Å². The third-order valence-corrected chi connectivity index (χ3v) is 16.4. The molecule has 5 rings (SSSR count). The maximum atomic E-state index is 14.8. The molecule has 3 saturated heterocycles. The smallest absolute Gasteiger partial charge is 0.311 e. The molecule has 0 radical (unpaired) electrons. The molecule has 1 amide bonds. The molecule has 5 N–H and O–H groups in total. The molecule has 3 aliphatic heterocycles. The number of likely N-dealkylation sites (N-methyl/N-ethyl adjacent to an activating group) is 2. The molecule has 3 aliphatic rings. The minimum absolute atomic E-state index is 0.0774. The van der Waals surface area contributed by atoms with Crippen molar-refractivity contribution in [3.8, 4) is 0 Å². The van der Waals surface area contributed by atoms with Gasteiger partial charge < -0.3 is 73.4 Å². The fraction of sp³-hybridized carbons (Fsp3) is 0.815. The molecule has 0 unspecified atom stereocenters. The van der Waals surface area contributed by atoms with Gasteiger partial charge in [-0.2, -0.15) is 0 Å². The Morgan fingerprint density at radius 3 is 2.20 bits per heavy atom. The van der Waals surface area contributed by atoms with Crippen LogP contribution in [0.25, 0.3) is 0 Å². The van der Waals surface area contributed by atoms with Crippen molar-refractivity contribution >= 4 is 11.9 Å². The number of cyclic esters (lactones) is 1. The van der Waals surface area contributed by atoms with Crippen LogP contribution in [0.1, 0.15) is 129 Å². The standard InChI is InChI=1S/C54H91FN6O14/c1-17-41-54(10,68)46(63)34(6)60(14)28-30(2)25-52(8,67)48(32(4)44(33(5)50(66)73-41)74-42-26-53(9,70-16)47(64)35(7)72-42)75-51-43(62)39(24-31(3)71-51)59(13)23-22-38-29-61(57-56-38)40(27-55)45(69-15)36-18-20-37(21-19-36)49(65)58(11)12/h18-21,29-35,39-48,51,62-64,67-68H,17,22-28H2,1-16H3/t30-,31-,32+,33-,34-,35+,39+,40-,41-,42+,43-,44+,45-,46-,47+,48-,51+,52-,53-,54-/m1/s1. The monoisotopic (exact) mass is 1070 g/mol. The van der Waals surface area contributed by atoms with Crippen LogP contribution >= 0.6 is 0 Å². The zero-order chi connectivity index (χ0) is 56.1. The number of aromatic nitrogens is 3. The highest BCUT2D eigenvalue weighted by atomic mass is 19.1. The highest BCUT2D eigenvalue weighted by Gasteiger charge is 2.53. The van der Waals surface area contributed by atoms with Crippen molar-refractivity contribution in [1.29, 1.82) is 0 Å². The molecule has 0 spiro atoms. The number of methoxy groups -OCH3 is 2. The van der Waals surface area contributed by atoms with Crippen LogP contribution in [0, 0.1) is 17.8 Å². The van der Waals surface area contributed by atoms with Gasteiger partial charge in [0.2, 0.25) is 0 Å². The van der Waals surface area contributed by atoms with Gasteiger partial charge in [-0.3, -0.25) is 9.59 Å². The maximum absolute atomic E-state index is 14.8. The van der Waals surface area contributed by atoms with Crippen molar-refractivity contribution < 1.29 is 72.7 Å². The van der Waals surface area contributed by atoms with Crippen molar-refractivity contribution in [2.24, 2.45) is 17.8 Å². The zero-order valence-corrected chi connectivity index (χ0v) is 47.3. The van der Waals surface area contributed by atoms with Crippen LogP contribution in [0.15, 0.2) is 30.5 Å². The molecule has 20 atom stereocenters. The highest BCUT2D eigenvalue weighted by Crippen LogP contribution is 2.41. The summed E-state index contributed by atoms with van der Waals surface area (Å²) in [5.41, 5.74) is -2.88. The molecule has 0 aliphatic carbocycles. The van der Waals surface area contributed by atoms with E-state index < -0.39 is 127 Å². The average Bonchev–Trinajstić information content (AvgIpc) is 3.84. The molecule has 0 bridgehead atoms. The van der Waals surface area contributed by atoms with E-state index in [0.717, 1.165) is 0 Å². The van der Waals surface area contributed by atoms with Gasteiger partial charge in [0.1, 0.15) is 48.8 Å². The first kappa shape index (κ1) is 62.6. The Balaban J connectivity index is 1.43. The van der Waals surface area contributed by atoms with Crippen LogP contribution in [0.4, 0.5) is 4.39 Å². The Bertz CT molecular complexity index is 2120. The molecule has 4 heterocycles. The highest BCUT2D eigenvalue weighted by molar-refractivity contribution is 5.93. The second kappa shape index (κ2) is 26.1. The Kier molecular flexibility index (Phi) is 21.8. The second-order valence-corrected chi connectivity index (χ2v) is 22.8. The molecule has 1 aromatic carbocycles. The Hall–Kier alpha value is -3.29. The first-order valence-electron chi connectivity index (χ1n) is 26.6. The van der Waals surface area contributed by atoms with Crippen LogP contribution in [-0.4, -0.2) is 220 Å².